The normalized spacial score (nSPS) is 11.7. The molecule has 3 amide bonds. The lowest BCUT2D eigenvalue weighted by atomic mass is 10.1. The quantitative estimate of drug-likeness (QED) is 0.597. The molecule has 0 aliphatic carbocycles. The van der Waals surface area contributed by atoms with Crippen LogP contribution >= 0.6 is 23.1 Å². The number of rotatable bonds is 5. The molecule has 0 unspecified atom stereocenters. The molecule has 0 aliphatic rings. The molecule has 0 fully saturated rings. The average Bonchev–Trinajstić information content (AvgIpc) is 3.31. The van der Waals surface area contributed by atoms with Gasteiger partial charge in [-0.15, -0.1) is 16.4 Å². The molecule has 25 heavy (non-hydrogen) atoms. The topological polar surface area (TPSA) is 99.8 Å². The summed E-state index contributed by atoms with van der Waals surface area (Å²) in [4.78, 5) is 29.4. The third-order valence-corrected chi connectivity index (χ3v) is 5.24. The molecule has 9 heteroatoms. The fraction of sp³-hybridized carbons (Fsp3) is 0.125. The van der Waals surface area contributed by atoms with Crippen molar-refractivity contribution in [1.82, 2.24) is 25.8 Å². The molecule has 128 valence electrons. The Bertz CT molecular complexity index is 849. The number of thioether (sulfide) groups is 1. The molecule has 3 rings (SSSR count). The van der Waals surface area contributed by atoms with E-state index in [4.69, 9.17) is 0 Å². The zero-order valence-electron chi connectivity index (χ0n) is 13.2. The van der Waals surface area contributed by atoms with Crippen molar-refractivity contribution in [1.29, 1.82) is 0 Å². The lowest BCUT2D eigenvalue weighted by molar-refractivity contribution is -0.119. The van der Waals surface area contributed by atoms with E-state index in [9.17, 15) is 9.59 Å². The second-order valence-electron chi connectivity index (χ2n) is 4.92. The van der Waals surface area contributed by atoms with Gasteiger partial charge in [-0.05, 0) is 17.0 Å². The van der Waals surface area contributed by atoms with Gasteiger partial charge in [0.1, 0.15) is 5.25 Å². The van der Waals surface area contributed by atoms with Gasteiger partial charge in [-0.2, -0.15) is 0 Å². The van der Waals surface area contributed by atoms with E-state index in [2.05, 4.69) is 25.8 Å². The first-order valence-electron chi connectivity index (χ1n) is 7.38. The Balaban J connectivity index is 1.82. The first kappa shape index (κ1) is 17.2. The van der Waals surface area contributed by atoms with E-state index < -0.39 is 17.2 Å². The summed E-state index contributed by atoms with van der Waals surface area (Å²) >= 11 is 2.73. The van der Waals surface area contributed by atoms with Crippen LogP contribution in [0.1, 0.15) is 10.8 Å². The predicted molar refractivity (Wildman–Crippen MR) is 97.3 cm³/mol. The predicted octanol–water partition coefficient (Wildman–Crippen LogP) is 2.82. The smallest absolute Gasteiger partial charge is 0.321 e. The minimum atomic E-state index is -0.648. The van der Waals surface area contributed by atoms with E-state index in [-0.39, 0.29) is 0 Å². The third kappa shape index (κ3) is 4.25. The molecule has 2 aromatic heterocycles. The van der Waals surface area contributed by atoms with Gasteiger partial charge in [-0.25, -0.2) is 9.78 Å². The number of carbonyl (C=O) groups is 2. The highest BCUT2D eigenvalue weighted by molar-refractivity contribution is 8.00. The van der Waals surface area contributed by atoms with Crippen molar-refractivity contribution < 1.29 is 9.59 Å². The molecule has 3 N–H and O–H groups in total. The molecular weight excluding hydrogens is 358 g/mol. The van der Waals surface area contributed by atoms with Gasteiger partial charge >= 0.3 is 6.03 Å². The molecule has 0 saturated heterocycles. The fourth-order valence-electron chi connectivity index (χ4n) is 2.07. The van der Waals surface area contributed by atoms with Crippen LogP contribution in [0.25, 0.3) is 10.7 Å². The molecule has 0 saturated carbocycles. The Morgan fingerprint density at radius 3 is 2.68 bits per heavy atom. The van der Waals surface area contributed by atoms with Crippen molar-refractivity contribution in [3.8, 4) is 10.7 Å². The van der Waals surface area contributed by atoms with Crippen LogP contribution in [-0.4, -0.2) is 34.2 Å². The minimum absolute atomic E-state index is 0.432. The van der Waals surface area contributed by atoms with E-state index in [0.717, 1.165) is 10.4 Å². The van der Waals surface area contributed by atoms with Gasteiger partial charge in [0.05, 0.1) is 4.88 Å². The van der Waals surface area contributed by atoms with Crippen molar-refractivity contribution in [3.63, 3.8) is 0 Å². The van der Waals surface area contributed by atoms with Crippen LogP contribution in [0.15, 0.2) is 53.0 Å². The summed E-state index contributed by atoms with van der Waals surface area (Å²) < 4.78 is 0. The summed E-state index contributed by atoms with van der Waals surface area (Å²) in [6, 6.07) is 12.5. The van der Waals surface area contributed by atoms with Gasteiger partial charge in [0.2, 0.25) is 11.1 Å². The summed E-state index contributed by atoms with van der Waals surface area (Å²) in [5.74, 6) is 0.217. The van der Waals surface area contributed by atoms with Gasteiger partial charge in [0.15, 0.2) is 5.82 Å². The number of hydrogen-bond acceptors (Lipinski definition) is 6. The van der Waals surface area contributed by atoms with Crippen LogP contribution < -0.4 is 10.6 Å². The van der Waals surface area contributed by atoms with Crippen LogP contribution in [0.5, 0.6) is 0 Å². The second-order valence-corrected chi connectivity index (χ2v) is 6.94. The van der Waals surface area contributed by atoms with Crippen molar-refractivity contribution in [2.45, 2.75) is 10.4 Å². The first-order valence-corrected chi connectivity index (χ1v) is 9.14. The molecule has 0 bridgehead atoms. The van der Waals surface area contributed by atoms with E-state index in [1.165, 1.54) is 18.8 Å². The summed E-state index contributed by atoms with van der Waals surface area (Å²) in [7, 11) is 1.45. The van der Waals surface area contributed by atoms with E-state index in [1.54, 1.807) is 11.3 Å². The second kappa shape index (κ2) is 7.95. The average molecular weight is 373 g/mol. The van der Waals surface area contributed by atoms with Crippen molar-refractivity contribution in [2.24, 2.45) is 0 Å². The SMILES string of the molecule is CNC(=O)NC(=O)[C@@H](Sc1n[nH]c(-c2cccs2)n1)c1ccccc1. The summed E-state index contributed by atoms with van der Waals surface area (Å²) in [5, 5.41) is 13.5. The zero-order valence-corrected chi connectivity index (χ0v) is 14.9. The third-order valence-electron chi connectivity index (χ3n) is 3.25. The molecule has 7 nitrogen and oxygen atoms in total. The maximum absolute atomic E-state index is 12.5. The minimum Gasteiger partial charge on any atom is -0.341 e. The number of benzene rings is 1. The summed E-state index contributed by atoms with van der Waals surface area (Å²) in [5.41, 5.74) is 0.761. The number of H-pyrrole nitrogens is 1. The highest BCUT2D eigenvalue weighted by atomic mass is 32.2. The number of aromatic nitrogens is 3. The maximum Gasteiger partial charge on any atom is 0.321 e. The number of hydrogen-bond donors (Lipinski definition) is 3. The first-order chi connectivity index (χ1) is 12.2. The number of nitrogens with one attached hydrogen (secondary N) is 3. The largest absolute Gasteiger partial charge is 0.341 e. The van der Waals surface area contributed by atoms with Crippen molar-refractivity contribution in [2.75, 3.05) is 7.05 Å². The molecule has 1 atom stereocenters. The standard InChI is InChI=1S/C16H15N5O2S2/c1-17-15(23)19-14(22)12(10-6-3-2-4-7-10)25-16-18-13(20-21-16)11-8-5-9-24-11/h2-9,12H,1H3,(H,18,20,21)(H2,17,19,22,23)/t12-/m0/s1. The zero-order chi connectivity index (χ0) is 17.6. The Morgan fingerprint density at radius 2 is 2.00 bits per heavy atom. The molecule has 2 heterocycles. The van der Waals surface area contributed by atoms with E-state index in [0.29, 0.717) is 11.0 Å². The molecular formula is C16H15N5O2S2. The lowest BCUT2D eigenvalue weighted by Gasteiger charge is -2.14. The summed E-state index contributed by atoms with van der Waals surface area (Å²) in [6.07, 6.45) is 0. The van der Waals surface area contributed by atoms with Gasteiger partial charge < -0.3 is 5.32 Å². The van der Waals surface area contributed by atoms with Crippen LogP contribution in [-0.2, 0) is 4.79 Å². The van der Waals surface area contributed by atoms with Crippen LogP contribution in [0.2, 0.25) is 0 Å². The van der Waals surface area contributed by atoms with Crippen LogP contribution in [0.3, 0.4) is 0 Å². The molecule has 0 radical (unpaired) electrons. The lowest BCUT2D eigenvalue weighted by Crippen LogP contribution is -2.39. The van der Waals surface area contributed by atoms with E-state index in [1.807, 2.05) is 47.8 Å². The number of aromatic amines is 1. The summed E-state index contributed by atoms with van der Waals surface area (Å²) in [6.45, 7) is 0. The molecule has 0 aliphatic heterocycles. The maximum atomic E-state index is 12.5. The van der Waals surface area contributed by atoms with Gasteiger partial charge in [0, 0.05) is 7.05 Å². The highest BCUT2D eigenvalue weighted by Crippen LogP contribution is 2.34. The number of imide groups is 1. The molecule has 1 aromatic carbocycles. The highest BCUT2D eigenvalue weighted by Gasteiger charge is 2.25. The Labute approximate surface area is 152 Å². The monoisotopic (exact) mass is 373 g/mol. The van der Waals surface area contributed by atoms with Gasteiger partial charge in [-0.3, -0.25) is 15.2 Å². The van der Waals surface area contributed by atoms with Gasteiger partial charge in [0.25, 0.3) is 0 Å². The number of urea groups is 1. The molecule has 3 aromatic rings. The van der Waals surface area contributed by atoms with Crippen LogP contribution in [0, 0.1) is 0 Å². The fourth-order valence-corrected chi connectivity index (χ4v) is 3.64. The number of thiophene rings is 1. The number of carbonyl (C=O) groups excluding carboxylic acids is 2. The van der Waals surface area contributed by atoms with Crippen molar-refractivity contribution >= 4 is 35.0 Å². The van der Waals surface area contributed by atoms with Crippen LogP contribution in [0.4, 0.5) is 4.79 Å². The van der Waals surface area contributed by atoms with Crippen molar-refractivity contribution in [3.05, 3.63) is 53.4 Å². The Morgan fingerprint density at radius 1 is 1.20 bits per heavy atom. The number of amides is 3. The Hall–Kier alpha value is -2.65. The molecule has 0 spiro atoms. The Kier molecular flexibility index (Phi) is 5.46. The number of nitrogens with zero attached hydrogens (tertiary/aromatic N) is 2. The van der Waals surface area contributed by atoms with Gasteiger partial charge in [-0.1, -0.05) is 48.2 Å². The van der Waals surface area contributed by atoms with E-state index >= 15 is 0 Å².